The van der Waals surface area contributed by atoms with Crippen molar-refractivity contribution in [1.29, 1.82) is 0 Å². The monoisotopic (exact) mass is 406 g/mol. The van der Waals surface area contributed by atoms with E-state index in [-0.39, 0.29) is 19.2 Å². The van der Waals surface area contributed by atoms with Gasteiger partial charge in [-0.15, -0.1) is 0 Å². The number of carbonyl (C=O) groups is 2. The van der Waals surface area contributed by atoms with E-state index in [9.17, 15) is 9.59 Å². The van der Waals surface area contributed by atoms with Crippen LogP contribution in [-0.4, -0.2) is 35.9 Å². The molecule has 0 unspecified atom stereocenters. The molecule has 154 valence electrons. The maximum atomic E-state index is 12.2. The second-order valence-corrected chi connectivity index (χ2v) is 7.15. The third-order valence-electron chi connectivity index (χ3n) is 4.76. The van der Waals surface area contributed by atoms with Crippen molar-refractivity contribution >= 4 is 28.9 Å². The molecule has 2 amide bonds. The van der Waals surface area contributed by atoms with Gasteiger partial charge in [0, 0.05) is 34.3 Å². The lowest BCUT2D eigenvalue weighted by Crippen LogP contribution is -2.34. The van der Waals surface area contributed by atoms with Crippen molar-refractivity contribution in [3.63, 3.8) is 0 Å². The number of fused-ring (bicyclic) bond motifs is 2. The van der Waals surface area contributed by atoms with E-state index in [1.165, 1.54) is 0 Å². The largest absolute Gasteiger partial charge is 0.454 e. The minimum atomic E-state index is -0.423. The number of hydrazone groups is 1. The Morgan fingerprint density at radius 2 is 1.97 bits per heavy atom. The number of amides is 2. The first kappa shape index (κ1) is 19.5. The summed E-state index contributed by atoms with van der Waals surface area (Å²) >= 11 is 0. The number of benzene rings is 2. The first-order valence-electron chi connectivity index (χ1n) is 9.62. The molecule has 0 saturated carbocycles. The molecule has 0 aliphatic carbocycles. The van der Waals surface area contributed by atoms with Crippen molar-refractivity contribution in [2.24, 2.45) is 5.10 Å². The number of rotatable bonds is 6. The number of aromatic nitrogens is 1. The Morgan fingerprint density at radius 1 is 1.17 bits per heavy atom. The average molecular weight is 406 g/mol. The Hall–Kier alpha value is -3.81. The van der Waals surface area contributed by atoms with Gasteiger partial charge in [-0.1, -0.05) is 18.2 Å². The SMILES string of the molecule is CC(C)n1cc(C=NNC(=O)CNC(=O)c2ccc3c(c2)OCO3)c2ccccc21. The smallest absolute Gasteiger partial charge is 0.259 e. The zero-order valence-electron chi connectivity index (χ0n) is 16.7. The van der Waals surface area contributed by atoms with E-state index in [4.69, 9.17) is 9.47 Å². The van der Waals surface area contributed by atoms with Crippen LogP contribution >= 0.6 is 0 Å². The van der Waals surface area contributed by atoms with Crippen molar-refractivity contribution in [1.82, 2.24) is 15.3 Å². The molecule has 2 aromatic carbocycles. The van der Waals surface area contributed by atoms with Crippen molar-refractivity contribution in [2.45, 2.75) is 19.9 Å². The van der Waals surface area contributed by atoms with E-state index < -0.39 is 5.91 Å². The van der Waals surface area contributed by atoms with Crippen molar-refractivity contribution < 1.29 is 19.1 Å². The quantitative estimate of drug-likeness (QED) is 0.486. The molecule has 2 N–H and O–H groups in total. The number of nitrogens with zero attached hydrogens (tertiary/aromatic N) is 2. The van der Waals surface area contributed by atoms with Crippen LogP contribution in [0.1, 0.15) is 35.8 Å². The number of ether oxygens (including phenoxy) is 2. The lowest BCUT2D eigenvalue weighted by molar-refractivity contribution is -0.120. The predicted molar refractivity (Wildman–Crippen MR) is 113 cm³/mol. The Balaban J connectivity index is 1.34. The lowest BCUT2D eigenvalue weighted by Gasteiger charge is -2.08. The molecule has 8 nitrogen and oxygen atoms in total. The molecule has 1 aliphatic heterocycles. The molecule has 0 fully saturated rings. The zero-order valence-corrected chi connectivity index (χ0v) is 16.7. The van der Waals surface area contributed by atoms with Gasteiger partial charge in [0.1, 0.15) is 0 Å². The molecule has 0 bridgehead atoms. The Bertz CT molecular complexity index is 1130. The predicted octanol–water partition coefficient (Wildman–Crippen LogP) is 2.83. The van der Waals surface area contributed by atoms with Gasteiger partial charge in [-0.2, -0.15) is 5.10 Å². The maximum Gasteiger partial charge on any atom is 0.259 e. The van der Waals surface area contributed by atoms with Crippen LogP contribution in [0.5, 0.6) is 11.5 Å². The fourth-order valence-corrected chi connectivity index (χ4v) is 3.28. The summed E-state index contributed by atoms with van der Waals surface area (Å²) in [5, 5.41) is 7.65. The molecule has 0 saturated heterocycles. The Morgan fingerprint density at radius 3 is 2.80 bits per heavy atom. The first-order chi connectivity index (χ1) is 14.5. The van der Waals surface area contributed by atoms with Crippen molar-refractivity contribution in [2.75, 3.05) is 13.3 Å². The summed E-state index contributed by atoms with van der Waals surface area (Å²) < 4.78 is 12.6. The zero-order chi connectivity index (χ0) is 21.1. The van der Waals surface area contributed by atoms with E-state index in [0.717, 1.165) is 16.5 Å². The highest BCUT2D eigenvalue weighted by molar-refractivity contribution is 6.00. The number of hydrogen-bond donors (Lipinski definition) is 2. The summed E-state index contributed by atoms with van der Waals surface area (Å²) in [6.45, 7) is 4.16. The first-order valence-corrected chi connectivity index (χ1v) is 9.62. The molecule has 3 aromatic rings. The highest BCUT2D eigenvalue weighted by atomic mass is 16.7. The van der Waals surface area contributed by atoms with E-state index >= 15 is 0 Å². The second-order valence-electron chi connectivity index (χ2n) is 7.15. The number of para-hydroxylation sites is 1. The highest BCUT2D eigenvalue weighted by Gasteiger charge is 2.16. The van der Waals surface area contributed by atoms with Gasteiger partial charge >= 0.3 is 0 Å². The fraction of sp³-hybridized carbons (Fsp3) is 0.227. The van der Waals surface area contributed by atoms with Crippen molar-refractivity contribution in [3.05, 3.63) is 59.8 Å². The third kappa shape index (κ3) is 3.98. The fourth-order valence-electron chi connectivity index (χ4n) is 3.28. The van der Waals surface area contributed by atoms with Gasteiger partial charge in [-0.3, -0.25) is 9.59 Å². The average Bonchev–Trinajstić information content (AvgIpc) is 3.36. The molecule has 8 heteroatoms. The summed E-state index contributed by atoms with van der Waals surface area (Å²) in [5.74, 6) is 0.301. The summed E-state index contributed by atoms with van der Waals surface area (Å²) in [7, 11) is 0. The summed E-state index contributed by atoms with van der Waals surface area (Å²) in [4.78, 5) is 24.3. The van der Waals surface area contributed by atoms with E-state index in [2.05, 4.69) is 40.3 Å². The molecule has 1 aromatic heterocycles. The van der Waals surface area contributed by atoms with E-state index in [1.54, 1.807) is 24.4 Å². The van der Waals surface area contributed by atoms with Gasteiger partial charge in [-0.05, 0) is 38.1 Å². The molecule has 0 spiro atoms. The van der Waals surface area contributed by atoms with Crippen LogP contribution < -0.4 is 20.2 Å². The van der Waals surface area contributed by atoms with Gasteiger partial charge in [-0.25, -0.2) is 5.43 Å². The molecule has 0 atom stereocenters. The topological polar surface area (TPSA) is 94.0 Å². The third-order valence-corrected chi connectivity index (χ3v) is 4.76. The Kier molecular flexibility index (Phi) is 5.38. The van der Waals surface area contributed by atoms with Crippen LogP contribution in [0.2, 0.25) is 0 Å². The molecular weight excluding hydrogens is 384 g/mol. The van der Waals surface area contributed by atoms with Gasteiger partial charge < -0.3 is 19.4 Å². The van der Waals surface area contributed by atoms with Crippen LogP contribution in [0, 0.1) is 0 Å². The van der Waals surface area contributed by atoms with Crippen LogP contribution in [0.15, 0.2) is 53.8 Å². The molecule has 2 heterocycles. The summed E-state index contributed by atoms with van der Waals surface area (Å²) in [5.41, 5.74) is 4.84. The van der Waals surface area contributed by atoms with Crippen LogP contribution in [0.4, 0.5) is 0 Å². The van der Waals surface area contributed by atoms with Gasteiger partial charge in [0.25, 0.3) is 11.8 Å². The van der Waals surface area contributed by atoms with Gasteiger partial charge in [0.2, 0.25) is 6.79 Å². The molecule has 4 rings (SSSR count). The van der Waals surface area contributed by atoms with Crippen LogP contribution in [0.25, 0.3) is 10.9 Å². The lowest BCUT2D eigenvalue weighted by atomic mass is 10.2. The maximum absolute atomic E-state index is 12.2. The minimum Gasteiger partial charge on any atom is -0.454 e. The van der Waals surface area contributed by atoms with Crippen LogP contribution in [0.3, 0.4) is 0 Å². The summed E-state index contributed by atoms with van der Waals surface area (Å²) in [6.07, 6.45) is 3.62. The van der Waals surface area contributed by atoms with Gasteiger partial charge in [0.05, 0.1) is 12.8 Å². The molecule has 1 aliphatic rings. The number of nitrogens with one attached hydrogen (secondary N) is 2. The number of hydrogen-bond acceptors (Lipinski definition) is 5. The number of carbonyl (C=O) groups excluding carboxylic acids is 2. The van der Waals surface area contributed by atoms with Gasteiger partial charge in [0.15, 0.2) is 11.5 Å². The minimum absolute atomic E-state index is 0.136. The summed E-state index contributed by atoms with van der Waals surface area (Å²) in [6, 6.07) is 13.2. The highest BCUT2D eigenvalue weighted by Crippen LogP contribution is 2.32. The molecular formula is C22H22N4O4. The standard InChI is InChI=1S/C22H22N4O4/c1-14(2)26-12-16(17-5-3-4-6-18(17)26)10-24-25-21(27)11-23-22(28)15-7-8-19-20(9-15)30-13-29-19/h3-10,12,14H,11,13H2,1-2H3,(H,23,28)(H,25,27). The van der Waals surface area contributed by atoms with Crippen LogP contribution in [-0.2, 0) is 4.79 Å². The molecule has 30 heavy (non-hydrogen) atoms. The van der Waals surface area contributed by atoms with Crippen molar-refractivity contribution in [3.8, 4) is 11.5 Å². The Labute approximate surface area is 173 Å². The normalized spacial score (nSPS) is 12.6. The van der Waals surface area contributed by atoms with E-state index in [0.29, 0.717) is 23.1 Å². The molecule has 0 radical (unpaired) electrons. The van der Waals surface area contributed by atoms with E-state index in [1.807, 2.05) is 24.4 Å². The second kappa shape index (κ2) is 8.28.